The zero-order chi connectivity index (χ0) is 15.0. The highest BCUT2D eigenvalue weighted by molar-refractivity contribution is 7.80. The van der Waals surface area contributed by atoms with Crippen LogP contribution in [-0.4, -0.2) is 22.1 Å². The van der Waals surface area contributed by atoms with E-state index in [0.29, 0.717) is 17.7 Å². The molecule has 0 aliphatic heterocycles. The minimum absolute atomic E-state index is 0.0154. The molecule has 20 heavy (non-hydrogen) atoms. The lowest BCUT2D eigenvalue weighted by molar-refractivity contribution is -0.136. The van der Waals surface area contributed by atoms with Crippen LogP contribution in [0.25, 0.3) is 0 Å². The number of carboxylic acids is 1. The van der Waals surface area contributed by atoms with Gasteiger partial charge in [-0.25, -0.2) is 0 Å². The normalized spacial score (nSPS) is 9.85. The summed E-state index contributed by atoms with van der Waals surface area (Å²) in [7, 11) is 0. The molecule has 6 heteroatoms. The Morgan fingerprint density at radius 1 is 1.25 bits per heavy atom. The molecule has 0 radical (unpaired) electrons. The van der Waals surface area contributed by atoms with E-state index in [9.17, 15) is 9.59 Å². The van der Waals surface area contributed by atoms with Crippen molar-refractivity contribution in [1.29, 1.82) is 0 Å². The smallest absolute Gasteiger partial charge is 0.307 e. The van der Waals surface area contributed by atoms with Crippen molar-refractivity contribution in [3.63, 3.8) is 0 Å². The van der Waals surface area contributed by atoms with Gasteiger partial charge in [0.1, 0.15) is 0 Å². The third-order valence-corrected chi connectivity index (χ3v) is 2.78. The Balaban J connectivity index is 2.45. The Bertz CT molecular complexity index is 486. The number of carbonyl (C=O) groups is 2. The van der Waals surface area contributed by atoms with Gasteiger partial charge >= 0.3 is 5.97 Å². The lowest BCUT2D eigenvalue weighted by atomic mass is 10.1. The summed E-state index contributed by atoms with van der Waals surface area (Å²) in [5.41, 5.74) is 1.42. The molecule has 0 heterocycles. The summed E-state index contributed by atoms with van der Waals surface area (Å²) in [5.74, 6) is -0.976. The van der Waals surface area contributed by atoms with Gasteiger partial charge in [0.15, 0.2) is 5.11 Å². The molecular weight excluding hydrogens is 276 g/mol. The first-order chi connectivity index (χ1) is 9.51. The molecule has 0 atom stereocenters. The molecule has 1 aromatic rings. The summed E-state index contributed by atoms with van der Waals surface area (Å²) in [5, 5.41) is 14.4. The van der Waals surface area contributed by atoms with E-state index in [1.165, 1.54) is 0 Å². The molecule has 0 spiro atoms. The number of carbonyl (C=O) groups excluding carboxylic acids is 1. The summed E-state index contributed by atoms with van der Waals surface area (Å²) in [4.78, 5) is 22.0. The van der Waals surface area contributed by atoms with Gasteiger partial charge in [-0.2, -0.15) is 0 Å². The first-order valence-electron chi connectivity index (χ1n) is 6.43. The van der Waals surface area contributed by atoms with Gasteiger partial charge in [-0.1, -0.05) is 25.5 Å². The van der Waals surface area contributed by atoms with Crippen LogP contribution in [0.1, 0.15) is 31.7 Å². The van der Waals surface area contributed by atoms with Gasteiger partial charge < -0.3 is 15.7 Å². The average molecular weight is 294 g/mol. The number of nitrogens with one attached hydrogen (secondary N) is 2. The second-order valence-corrected chi connectivity index (χ2v) is 4.78. The van der Waals surface area contributed by atoms with Gasteiger partial charge in [-0.3, -0.25) is 9.59 Å². The Morgan fingerprint density at radius 3 is 2.45 bits per heavy atom. The minimum atomic E-state index is -0.871. The lowest BCUT2D eigenvalue weighted by Gasteiger charge is -2.09. The highest BCUT2D eigenvalue weighted by Crippen LogP contribution is 2.10. The Kier molecular flexibility index (Phi) is 6.66. The molecule has 0 aliphatic carbocycles. The summed E-state index contributed by atoms with van der Waals surface area (Å²) in [6.45, 7) is 2.02. The number of thiocarbonyl (C=S) groups is 1. The van der Waals surface area contributed by atoms with E-state index >= 15 is 0 Å². The fraction of sp³-hybridized carbons (Fsp3) is 0.357. The average Bonchev–Trinajstić information content (AvgIpc) is 2.38. The topological polar surface area (TPSA) is 78.4 Å². The highest BCUT2D eigenvalue weighted by Gasteiger charge is 2.05. The number of rotatable bonds is 6. The summed E-state index contributed by atoms with van der Waals surface area (Å²) < 4.78 is 0. The van der Waals surface area contributed by atoms with Crippen molar-refractivity contribution in [2.24, 2.45) is 0 Å². The van der Waals surface area contributed by atoms with Crippen molar-refractivity contribution in [2.45, 2.75) is 32.6 Å². The third kappa shape index (κ3) is 6.29. The van der Waals surface area contributed by atoms with Crippen LogP contribution >= 0.6 is 12.2 Å². The van der Waals surface area contributed by atoms with E-state index in [4.69, 9.17) is 17.3 Å². The van der Waals surface area contributed by atoms with Gasteiger partial charge in [0.2, 0.25) is 5.91 Å². The Hall–Kier alpha value is -1.95. The first-order valence-corrected chi connectivity index (χ1v) is 6.83. The highest BCUT2D eigenvalue weighted by atomic mass is 32.1. The molecule has 0 aliphatic rings. The summed E-state index contributed by atoms with van der Waals surface area (Å²) in [6.07, 6.45) is 2.23. The molecule has 0 aromatic heterocycles. The second-order valence-electron chi connectivity index (χ2n) is 4.37. The number of aliphatic carboxylic acids is 1. The second kappa shape index (κ2) is 8.27. The standard InChI is InChI=1S/C14H18N2O3S/c1-2-3-4-12(17)16-14(20)15-11-7-5-10(6-8-11)9-13(18)19/h5-8H,2-4,9H2,1H3,(H,18,19)(H2,15,16,17,20). The fourth-order valence-corrected chi connectivity index (χ4v) is 1.80. The van der Waals surface area contributed by atoms with E-state index in [1.807, 2.05) is 6.92 Å². The molecule has 3 N–H and O–H groups in total. The SMILES string of the molecule is CCCCC(=O)NC(=S)Nc1ccc(CC(=O)O)cc1. The monoisotopic (exact) mass is 294 g/mol. The number of unbranched alkanes of at least 4 members (excludes halogenated alkanes) is 1. The number of carboxylic acid groups (broad SMARTS) is 1. The third-order valence-electron chi connectivity index (χ3n) is 2.58. The Labute approximate surface area is 123 Å². The predicted molar refractivity (Wildman–Crippen MR) is 81.7 cm³/mol. The number of benzene rings is 1. The van der Waals surface area contributed by atoms with Gasteiger partial charge in [0.25, 0.3) is 0 Å². The van der Waals surface area contributed by atoms with Crippen LogP contribution < -0.4 is 10.6 Å². The molecule has 0 unspecified atom stereocenters. The van der Waals surface area contributed by atoms with Gasteiger partial charge in [-0.15, -0.1) is 0 Å². The van der Waals surface area contributed by atoms with Crippen LogP contribution in [0.5, 0.6) is 0 Å². The van der Waals surface area contributed by atoms with Crippen LogP contribution in [0.4, 0.5) is 5.69 Å². The molecule has 1 aromatic carbocycles. The van der Waals surface area contributed by atoms with E-state index in [1.54, 1.807) is 24.3 Å². The van der Waals surface area contributed by atoms with Crippen molar-refractivity contribution >= 4 is 34.9 Å². The maximum absolute atomic E-state index is 11.5. The minimum Gasteiger partial charge on any atom is -0.481 e. The van der Waals surface area contributed by atoms with E-state index < -0.39 is 5.97 Å². The predicted octanol–water partition coefficient (Wildman–Crippen LogP) is 2.32. The van der Waals surface area contributed by atoms with Crippen molar-refractivity contribution < 1.29 is 14.7 Å². The van der Waals surface area contributed by atoms with Crippen LogP contribution in [0.2, 0.25) is 0 Å². The summed E-state index contributed by atoms with van der Waals surface area (Å²) >= 11 is 5.03. The van der Waals surface area contributed by atoms with E-state index in [-0.39, 0.29) is 17.4 Å². The molecule has 5 nitrogen and oxygen atoms in total. The zero-order valence-corrected chi connectivity index (χ0v) is 12.1. The number of amides is 1. The van der Waals surface area contributed by atoms with E-state index in [2.05, 4.69) is 10.6 Å². The van der Waals surface area contributed by atoms with Gasteiger partial charge in [0.05, 0.1) is 6.42 Å². The summed E-state index contributed by atoms with van der Waals surface area (Å²) in [6, 6.07) is 6.86. The molecule has 0 saturated carbocycles. The molecule has 108 valence electrons. The maximum Gasteiger partial charge on any atom is 0.307 e. The molecule has 1 rings (SSSR count). The number of anilines is 1. The quantitative estimate of drug-likeness (QED) is 0.702. The van der Waals surface area contributed by atoms with Gasteiger partial charge in [-0.05, 0) is 36.3 Å². The van der Waals surface area contributed by atoms with Crippen molar-refractivity contribution in [2.75, 3.05) is 5.32 Å². The molecule has 0 fully saturated rings. The van der Waals surface area contributed by atoms with Crippen LogP contribution in [0.3, 0.4) is 0 Å². The fourth-order valence-electron chi connectivity index (χ4n) is 1.57. The maximum atomic E-state index is 11.5. The lowest BCUT2D eigenvalue weighted by Crippen LogP contribution is -2.33. The molecular formula is C14H18N2O3S. The number of hydrogen-bond donors (Lipinski definition) is 3. The van der Waals surface area contributed by atoms with Gasteiger partial charge in [0, 0.05) is 12.1 Å². The van der Waals surface area contributed by atoms with Crippen LogP contribution in [-0.2, 0) is 16.0 Å². The van der Waals surface area contributed by atoms with Crippen LogP contribution in [0, 0.1) is 0 Å². The molecule has 0 saturated heterocycles. The largest absolute Gasteiger partial charge is 0.481 e. The van der Waals surface area contributed by atoms with E-state index in [0.717, 1.165) is 12.8 Å². The first kappa shape index (κ1) is 16.1. The van der Waals surface area contributed by atoms with Crippen LogP contribution in [0.15, 0.2) is 24.3 Å². The molecule has 1 amide bonds. The zero-order valence-electron chi connectivity index (χ0n) is 11.3. The van der Waals surface area contributed by atoms with Crippen molar-refractivity contribution in [3.8, 4) is 0 Å². The van der Waals surface area contributed by atoms with Crippen molar-refractivity contribution in [3.05, 3.63) is 29.8 Å². The van der Waals surface area contributed by atoms with Crippen molar-refractivity contribution in [1.82, 2.24) is 5.32 Å². The number of hydrogen-bond acceptors (Lipinski definition) is 3. The molecule has 0 bridgehead atoms. The Morgan fingerprint density at radius 2 is 1.90 bits per heavy atom.